The van der Waals surface area contributed by atoms with Gasteiger partial charge in [-0.15, -0.1) is 0 Å². The van der Waals surface area contributed by atoms with Crippen molar-refractivity contribution in [2.24, 2.45) is 17.3 Å². The highest BCUT2D eigenvalue weighted by Crippen LogP contribution is 2.60. The molecule has 1 aliphatic rings. The SMILES string of the molecule is CC1(C)C(C=C(Cl)Sc2ccccc2)C1C(=O)OCc1cccc(Oc2ccccc2)c1. The summed E-state index contributed by atoms with van der Waals surface area (Å²) < 4.78 is 12.2. The molecule has 0 radical (unpaired) electrons. The second-order valence-electron chi connectivity index (χ2n) is 8.38. The van der Waals surface area contributed by atoms with Crippen LogP contribution in [0.4, 0.5) is 0 Å². The lowest BCUT2D eigenvalue weighted by Gasteiger charge is -2.09. The van der Waals surface area contributed by atoms with Crippen LogP contribution in [0.15, 0.2) is 100 Å². The van der Waals surface area contributed by atoms with Gasteiger partial charge in [-0.3, -0.25) is 4.79 Å². The molecule has 32 heavy (non-hydrogen) atoms. The van der Waals surface area contributed by atoms with Crippen molar-refractivity contribution < 1.29 is 14.3 Å². The van der Waals surface area contributed by atoms with Crippen molar-refractivity contribution in [1.82, 2.24) is 0 Å². The predicted molar refractivity (Wildman–Crippen MR) is 130 cm³/mol. The Hall–Kier alpha value is -2.69. The normalized spacial score (nSPS) is 19.3. The molecule has 0 saturated heterocycles. The highest BCUT2D eigenvalue weighted by atomic mass is 35.5. The van der Waals surface area contributed by atoms with Gasteiger partial charge in [0.05, 0.1) is 10.3 Å². The van der Waals surface area contributed by atoms with Crippen LogP contribution in [-0.2, 0) is 16.1 Å². The Labute approximate surface area is 198 Å². The second-order valence-corrected chi connectivity index (χ2v) is 10.1. The first kappa shape index (κ1) is 22.5. The van der Waals surface area contributed by atoms with Gasteiger partial charge >= 0.3 is 5.97 Å². The molecular weight excluding hydrogens is 440 g/mol. The molecular formula is C27H25ClO3S. The summed E-state index contributed by atoms with van der Waals surface area (Å²) >= 11 is 7.96. The van der Waals surface area contributed by atoms with Crippen molar-refractivity contribution in [3.05, 3.63) is 101 Å². The van der Waals surface area contributed by atoms with E-state index in [0.29, 0.717) is 10.1 Å². The summed E-state index contributed by atoms with van der Waals surface area (Å²) in [5, 5.41) is 0. The quantitative estimate of drug-likeness (QED) is 0.253. The third-order valence-electron chi connectivity index (χ3n) is 5.69. The van der Waals surface area contributed by atoms with Crippen molar-refractivity contribution in [1.29, 1.82) is 0 Å². The number of hydrogen-bond acceptors (Lipinski definition) is 4. The van der Waals surface area contributed by atoms with E-state index in [0.717, 1.165) is 16.2 Å². The maximum atomic E-state index is 12.8. The van der Waals surface area contributed by atoms with Gasteiger partial charge in [-0.25, -0.2) is 0 Å². The topological polar surface area (TPSA) is 35.5 Å². The number of benzene rings is 3. The van der Waals surface area contributed by atoms with E-state index < -0.39 is 0 Å². The Balaban J connectivity index is 1.34. The Morgan fingerprint density at radius 3 is 2.34 bits per heavy atom. The number of esters is 1. The first-order valence-electron chi connectivity index (χ1n) is 10.5. The highest BCUT2D eigenvalue weighted by Gasteiger charge is 2.61. The Morgan fingerprint density at radius 1 is 0.969 bits per heavy atom. The van der Waals surface area contributed by atoms with E-state index in [-0.39, 0.29) is 29.8 Å². The van der Waals surface area contributed by atoms with Gasteiger partial charge in [-0.05, 0) is 53.3 Å². The van der Waals surface area contributed by atoms with E-state index in [1.807, 2.05) is 91.0 Å². The maximum Gasteiger partial charge on any atom is 0.310 e. The molecule has 0 N–H and O–H groups in total. The van der Waals surface area contributed by atoms with Gasteiger partial charge in [0.15, 0.2) is 0 Å². The molecule has 164 valence electrons. The molecule has 3 aromatic carbocycles. The predicted octanol–water partition coefficient (Wildman–Crippen LogP) is 7.67. The first-order chi connectivity index (χ1) is 15.4. The van der Waals surface area contributed by atoms with Crippen LogP contribution >= 0.6 is 23.4 Å². The van der Waals surface area contributed by atoms with Crippen molar-refractivity contribution in [3.63, 3.8) is 0 Å². The third kappa shape index (κ3) is 5.56. The number of para-hydroxylation sites is 1. The average molecular weight is 465 g/mol. The molecule has 4 rings (SSSR count). The number of thioether (sulfide) groups is 1. The van der Waals surface area contributed by atoms with Gasteiger partial charge in [0, 0.05) is 4.90 Å². The van der Waals surface area contributed by atoms with Gasteiger partial charge in [-0.1, -0.05) is 91.8 Å². The van der Waals surface area contributed by atoms with E-state index in [1.165, 1.54) is 11.8 Å². The van der Waals surface area contributed by atoms with Gasteiger partial charge < -0.3 is 9.47 Å². The summed E-state index contributed by atoms with van der Waals surface area (Å²) in [7, 11) is 0. The second kappa shape index (κ2) is 9.85. The fourth-order valence-corrected chi connectivity index (χ4v) is 4.92. The Kier molecular flexibility index (Phi) is 6.92. The monoisotopic (exact) mass is 464 g/mol. The van der Waals surface area contributed by atoms with Gasteiger partial charge in [-0.2, -0.15) is 0 Å². The molecule has 0 bridgehead atoms. The third-order valence-corrected chi connectivity index (χ3v) is 6.89. The molecule has 3 aromatic rings. The van der Waals surface area contributed by atoms with Crippen molar-refractivity contribution >= 4 is 29.3 Å². The van der Waals surface area contributed by atoms with Crippen LogP contribution in [-0.4, -0.2) is 5.97 Å². The summed E-state index contributed by atoms with van der Waals surface area (Å²) in [6.07, 6.45) is 1.99. The smallest absolute Gasteiger partial charge is 0.310 e. The van der Waals surface area contributed by atoms with E-state index in [2.05, 4.69) is 13.8 Å². The lowest BCUT2D eigenvalue weighted by Crippen LogP contribution is -2.10. The summed E-state index contributed by atoms with van der Waals surface area (Å²) in [6.45, 7) is 4.36. The zero-order valence-corrected chi connectivity index (χ0v) is 19.6. The number of halogens is 1. The van der Waals surface area contributed by atoms with Crippen molar-refractivity contribution in [3.8, 4) is 11.5 Å². The highest BCUT2D eigenvalue weighted by molar-refractivity contribution is 8.04. The number of carbonyl (C=O) groups is 1. The van der Waals surface area contributed by atoms with Crippen LogP contribution in [0.2, 0.25) is 0 Å². The van der Waals surface area contributed by atoms with E-state index in [9.17, 15) is 4.79 Å². The molecule has 0 heterocycles. The van der Waals surface area contributed by atoms with E-state index in [1.54, 1.807) is 0 Å². The standard InChI is InChI=1S/C27H25ClO3S/c1-27(2)23(17-24(28)32-22-14-7-4-8-15-22)25(27)26(29)30-18-19-10-9-13-21(16-19)31-20-11-5-3-6-12-20/h3-17,23,25H,18H2,1-2H3. The van der Waals surface area contributed by atoms with Crippen LogP contribution in [0.5, 0.6) is 11.5 Å². The number of rotatable bonds is 8. The minimum Gasteiger partial charge on any atom is -0.461 e. The number of allylic oxidation sites excluding steroid dienone is 1. The largest absolute Gasteiger partial charge is 0.461 e. The van der Waals surface area contributed by atoms with Crippen LogP contribution in [0.3, 0.4) is 0 Å². The van der Waals surface area contributed by atoms with Gasteiger partial charge in [0.1, 0.15) is 18.1 Å². The summed E-state index contributed by atoms with van der Waals surface area (Å²) in [4.78, 5) is 13.9. The summed E-state index contributed by atoms with van der Waals surface area (Å²) in [6, 6.07) is 27.2. The fraction of sp³-hybridized carbons (Fsp3) is 0.222. The van der Waals surface area contributed by atoms with Crippen LogP contribution in [0.1, 0.15) is 19.4 Å². The molecule has 2 unspecified atom stereocenters. The fourth-order valence-electron chi connectivity index (χ4n) is 3.78. The maximum absolute atomic E-state index is 12.8. The molecule has 0 aromatic heterocycles. The zero-order valence-electron chi connectivity index (χ0n) is 18.0. The van der Waals surface area contributed by atoms with Crippen molar-refractivity contribution in [2.75, 3.05) is 0 Å². The number of carbonyl (C=O) groups excluding carboxylic acids is 1. The number of hydrogen-bond donors (Lipinski definition) is 0. The van der Waals surface area contributed by atoms with E-state index >= 15 is 0 Å². The first-order valence-corrected chi connectivity index (χ1v) is 11.7. The van der Waals surface area contributed by atoms with Crippen molar-refractivity contribution in [2.45, 2.75) is 25.3 Å². The lowest BCUT2D eigenvalue weighted by atomic mass is 10.1. The molecule has 1 aliphatic carbocycles. The Bertz CT molecular complexity index is 1100. The molecule has 0 spiro atoms. The number of ether oxygens (including phenoxy) is 2. The molecule has 5 heteroatoms. The molecule has 3 nitrogen and oxygen atoms in total. The minimum absolute atomic E-state index is 0.0615. The molecule has 0 aliphatic heterocycles. The molecule has 2 atom stereocenters. The van der Waals surface area contributed by atoms with Crippen LogP contribution in [0, 0.1) is 17.3 Å². The molecule has 1 fully saturated rings. The van der Waals surface area contributed by atoms with Gasteiger partial charge in [0.25, 0.3) is 0 Å². The lowest BCUT2D eigenvalue weighted by molar-refractivity contribution is -0.147. The summed E-state index contributed by atoms with van der Waals surface area (Å²) in [5.74, 6) is 1.14. The van der Waals surface area contributed by atoms with Crippen LogP contribution < -0.4 is 4.74 Å². The summed E-state index contributed by atoms with van der Waals surface area (Å²) in [5.41, 5.74) is 0.710. The minimum atomic E-state index is -0.198. The average Bonchev–Trinajstić information content (AvgIpc) is 3.33. The zero-order chi connectivity index (χ0) is 22.6. The Morgan fingerprint density at radius 2 is 1.62 bits per heavy atom. The van der Waals surface area contributed by atoms with Gasteiger partial charge in [0.2, 0.25) is 0 Å². The molecule has 0 amide bonds. The van der Waals surface area contributed by atoms with E-state index in [4.69, 9.17) is 21.1 Å². The van der Waals surface area contributed by atoms with Crippen LogP contribution in [0.25, 0.3) is 0 Å². The molecule has 1 saturated carbocycles.